The Bertz CT molecular complexity index is 573. The summed E-state index contributed by atoms with van der Waals surface area (Å²) in [6.07, 6.45) is 0. The van der Waals surface area contributed by atoms with E-state index in [2.05, 4.69) is 52.0 Å². The predicted molar refractivity (Wildman–Crippen MR) is 87.2 cm³/mol. The van der Waals surface area contributed by atoms with Crippen molar-refractivity contribution in [2.24, 2.45) is 5.92 Å². The minimum Gasteiger partial charge on any atom is -0.493 e. The fourth-order valence-electron chi connectivity index (χ4n) is 1.96. The summed E-state index contributed by atoms with van der Waals surface area (Å²) in [5.74, 6) is 2.19. The molecule has 0 bridgehead atoms. The Balaban J connectivity index is 1.77. The molecule has 112 valence electrons. The van der Waals surface area contributed by atoms with Gasteiger partial charge in [-0.3, -0.25) is 0 Å². The fraction of sp³-hybridized carbons (Fsp3) is 0.368. The van der Waals surface area contributed by atoms with Crippen LogP contribution < -0.4 is 9.47 Å². The molecule has 0 fully saturated rings. The minimum absolute atomic E-state index is 0.341. The highest BCUT2D eigenvalue weighted by Crippen LogP contribution is 2.17. The Morgan fingerprint density at radius 1 is 0.762 bits per heavy atom. The fourth-order valence-corrected chi connectivity index (χ4v) is 1.96. The number of hydrogen-bond acceptors (Lipinski definition) is 2. The second-order valence-electron chi connectivity index (χ2n) is 5.79. The summed E-state index contributed by atoms with van der Waals surface area (Å²) < 4.78 is 11.6. The van der Waals surface area contributed by atoms with Crippen LogP contribution in [0.3, 0.4) is 0 Å². The summed E-state index contributed by atoms with van der Waals surface area (Å²) in [5.41, 5.74) is 3.79. The van der Waals surface area contributed by atoms with Gasteiger partial charge >= 0.3 is 0 Å². The van der Waals surface area contributed by atoms with Gasteiger partial charge in [0.05, 0.1) is 13.2 Å². The van der Waals surface area contributed by atoms with Crippen LogP contribution in [0.1, 0.15) is 23.6 Å². The highest BCUT2D eigenvalue weighted by molar-refractivity contribution is 5.33. The van der Waals surface area contributed by atoms with Gasteiger partial charge in [-0.2, -0.15) is 0 Å². The zero-order chi connectivity index (χ0) is 15.2. The maximum absolute atomic E-state index is 5.83. The van der Waals surface area contributed by atoms with Crippen LogP contribution in [-0.4, -0.2) is 13.2 Å². The number of ether oxygens (including phenoxy) is 2. The van der Waals surface area contributed by atoms with E-state index in [-0.39, 0.29) is 0 Å². The van der Waals surface area contributed by atoms with E-state index in [1.54, 1.807) is 0 Å². The Labute approximate surface area is 127 Å². The molecular formula is C19H24O2. The van der Waals surface area contributed by atoms with E-state index < -0.39 is 0 Å². The average Bonchev–Trinajstić information content (AvgIpc) is 2.48. The van der Waals surface area contributed by atoms with Gasteiger partial charge in [-0.25, -0.2) is 0 Å². The molecule has 2 nitrogen and oxygen atoms in total. The molecule has 0 aliphatic rings. The largest absolute Gasteiger partial charge is 0.493 e. The van der Waals surface area contributed by atoms with Crippen LogP contribution >= 0.6 is 0 Å². The van der Waals surface area contributed by atoms with Crippen molar-refractivity contribution in [1.29, 1.82) is 0 Å². The molecule has 0 aliphatic carbocycles. The van der Waals surface area contributed by atoms with Gasteiger partial charge in [-0.15, -0.1) is 0 Å². The van der Waals surface area contributed by atoms with Crippen molar-refractivity contribution in [3.63, 3.8) is 0 Å². The van der Waals surface area contributed by atoms with E-state index >= 15 is 0 Å². The van der Waals surface area contributed by atoms with Crippen molar-refractivity contribution in [2.45, 2.75) is 27.7 Å². The van der Waals surface area contributed by atoms with Crippen LogP contribution in [0.25, 0.3) is 0 Å². The van der Waals surface area contributed by atoms with Gasteiger partial charge in [0.1, 0.15) is 11.5 Å². The molecule has 0 heterocycles. The predicted octanol–water partition coefficient (Wildman–Crippen LogP) is 4.71. The van der Waals surface area contributed by atoms with E-state index in [1.807, 2.05) is 18.2 Å². The molecule has 0 aromatic heterocycles. The van der Waals surface area contributed by atoms with Gasteiger partial charge in [0.15, 0.2) is 0 Å². The molecule has 0 spiro atoms. The highest BCUT2D eigenvalue weighted by Gasteiger charge is 2.05. The Kier molecular flexibility index (Phi) is 5.26. The molecule has 21 heavy (non-hydrogen) atoms. The lowest BCUT2D eigenvalue weighted by molar-refractivity contribution is 0.188. The minimum atomic E-state index is 0.341. The van der Waals surface area contributed by atoms with Gasteiger partial charge in [-0.1, -0.05) is 30.7 Å². The summed E-state index contributed by atoms with van der Waals surface area (Å²) in [6.45, 7) is 9.74. The normalized spacial score (nSPS) is 12.0. The first-order valence-corrected chi connectivity index (χ1v) is 7.44. The zero-order valence-corrected chi connectivity index (χ0v) is 13.3. The molecule has 0 radical (unpaired) electrons. The van der Waals surface area contributed by atoms with Crippen molar-refractivity contribution in [3.8, 4) is 11.5 Å². The van der Waals surface area contributed by atoms with Crippen molar-refractivity contribution in [1.82, 2.24) is 0 Å². The third-order valence-corrected chi connectivity index (χ3v) is 3.57. The van der Waals surface area contributed by atoms with E-state index in [0.29, 0.717) is 19.1 Å². The maximum atomic E-state index is 5.83. The molecule has 0 amide bonds. The summed E-state index contributed by atoms with van der Waals surface area (Å²) in [4.78, 5) is 0. The smallest absolute Gasteiger partial charge is 0.119 e. The number of hydrogen-bond donors (Lipinski definition) is 0. The van der Waals surface area contributed by atoms with Crippen LogP contribution in [0.2, 0.25) is 0 Å². The Morgan fingerprint density at radius 3 is 1.95 bits per heavy atom. The molecule has 2 aromatic carbocycles. The second-order valence-corrected chi connectivity index (χ2v) is 5.79. The second kappa shape index (κ2) is 7.16. The summed E-state index contributed by atoms with van der Waals surface area (Å²) >= 11 is 0. The van der Waals surface area contributed by atoms with Crippen molar-refractivity contribution >= 4 is 0 Å². The SMILES string of the molecule is Cc1ccc(OCC(C)COc2ccc(C)c(C)c2)cc1. The molecule has 2 aromatic rings. The van der Waals surface area contributed by atoms with Gasteiger partial charge in [0.2, 0.25) is 0 Å². The molecule has 1 unspecified atom stereocenters. The molecule has 2 heteroatoms. The quantitative estimate of drug-likeness (QED) is 0.765. The first-order chi connectivity index (χ1) is 10.0. The van der Waals surface area contributed by atoms with Gasteiger partial charge < -0.3 is 9.47 Å². The van der Waals surface area contributed by atoms with Crippen molar-refractivity contribution < 1.29 is 9.47 Å². The summed E-state index contributed by atoms with van der Waals surface area (Å²) in [5, 5.41) is 0. The topological polar surface area (TPSA) is 18.5 Å². The van der Waals surface area contributed by atoms with E-state index in [9.17, 15) is 0 Å². The van der Waals surface area contributed by atoms with Crippen LogP contribution in [0, 0.1) is 26.7 Å². The van der Waals surface area contributed by atoms with Crippen LogP contribution in [0.5, 0.6) is 11.5 Å². The van der Waals surface area contributed by atoms with E-state index in [1.165, 1.54) is 16.7 Å². The molecule has 0 saturated heterocycles. The molecule has 1 atom stereocenters. The van der Waals surface area contributed by atoms with Gasteiger partial charge in [0, 0.05) is 5.92 Å². The lowest BCUT2D eigenvalue weighted by Crippen LogP contribution is -2.16. The zero-order valence-electron chi connectivity index (χ0n) is 13.3. The summed E-state index contributed by atoms with van der Waals surface area (Å²) in [6, 6.07) is 14.3. The van der Waals surface area contributed by atoms with Crippen LogP contribution in [0.4, 0.5) is 0 Å². The van der Waals surface area contributed by atoms with E-state index in [0.717, 1.165) is 11.5 Å². The molecule has 0 N–H and O–H groups in total. The standard InChI is InChI=1S/C19H24O2/c1-14-5-8-18(9-6-14)20-12-15(2)13-21-19-10-7-16(3)17(4)11-19/h5-11,15H,12-13H2,1-4H3. The molecule has 0 saturated carbocycles. The number of rotatable bonds is 6. The number of benzene rings is 2. The van der Waals surface area contributed by atoms with Crippen molar-refractivity contribution in [2.75, 3.05) is 13.2 Å². The van der Waals surface area contributed by atoms with Crippen LogP contribution in [-0.2, 0) is 0 Å². The monoisotopic (exact) mass is 284 g/mol. The van der Waals surface area contributed by atoms with E-state index in [4.69, 9.17) is 9.47 Å². The van der Waals surface area contributed by atoms with Gasteiger partial charge in [-0.05, 0) is 56.2 Å². The first-order valence-electron chi connectivity index (χ1n) is 7.44. The maximum Gasteiger partial charge on any atom is 0.119 e. The Hall–Kier alpha value is -1.96. The molecular weight excluding hydrogens is 260 g/mol. The third-order valence-electron chi connectivity index (χ3n) is 3.57. The van der Waals surface area contributed by atoms with Gasteiger partial charge in [0.25, 0.3) is 0 Å². The molecule has 0 aliphatic heterocycles. The number of aryl methyl sites for hydroxylation is 3. The van der Waals surface area contributed by atoms with Crippen LogP contribution in [0.15, 0.2) is 42.5 Å². The third kappa shape index (κ3) is 4.82. The first kappa shape index (κ1) is 15.4. The average molecular weight is 284 g/mol. The lowest BCUT2D eigenvalue weighted by Gasteiger charge is -2.15. The summed E-state index contributed by atoms with van der Waals surface area (Å²) in [7, 11) is 0. The lowest BCUT2D eigenvalue weighted by atomic mass is 10.1. The highest BCUT2D eigenvalue weighted by atomic mass is 16.5. The molecule has 2 rings (SSSR count). The Morgan fingerprint density at radius 2 is 1.33 bits per heavy atom. The van der Waals surface area contributed by atoms with Crippen molar-refractivity contribution in [3.05, 3.63) is 59.2 Å².